The van der Waals surface area contributed by atoms with E-state index in [2.05, 4.69) is 5.32 Å². The Kier molecular flexibility index (Phi) is 6.94. The number of amides is 1. The van der Waals surface area contributed by atoms with Gasteiger partial charge in [0.1, 0.15) is 23.9 Å². The summed E-state index contributed by atoms with van der Waals surface area (Å²) in [5, 5.41) is 2.62. The fourth-order valence-electron chi connectivity index (χ4n) is 2.58. The van der Waals surface area contributed by atoms with Crippen LogP contribution in [0.4, 0.5) is 5.69 Å². The van der Waals surface area contributed by atoms with Crippen molar-refractivity contribution >= 4 is 17.6 Å². The maximum Gasteiger partial charge on any atom is 0.375 e. The van der Waals surface area contributed by atoms with E-state index in [0.717, 1.165) is 0 Å². The minimum atomic E-state index is -0.759. The van der Waals surface area contributed by atoms with Crippen LogP contribution in [-0.2, 0) is 16.1 Å². The molecule has 30 heavy (non-hydrogen) atoms. The summed E-state index contributed by atoms with van der Waals surface area (Å²) >= 11 is 0. The van der Waals surface area contributed by atoms with Crippen molar-refractivity contribution in [1.82, 2.24) is 0 Å². The van der Waals surface area contributed by atoms with Crippen LogP contribution < -0.4 is 19.5 Å². The summed E-state index contributed by atoms with van der Waals surface area (Å²) in [6.07, 6.45) is 1.36. The first-order valence-corrected chi connectivity index (χ1v) is 9.03. The molecule has 0 radical (unpaired) electrons. The van der Waals surface area contributed by atoms with Gasteiger partial charge in [-0.3, -0.25) is 4.79 Å². The molecule has 156 valence electrons. The van der Waals surface area contributed by atoms with E-state index in [9.17, 15) is 9.59 Å². The number of hydrogen-bond donors (Lipinski definition) is 1. The van der Waals surface area contributed by atoms with Crippen molar-refractivity contribution in [3.63, 3.8) is 0 Å². The lowest BCUT2D eigenvalue weighted by molar-refractivity contribution is -0.119. The third-order valence-electron chi connectivity index (χ3n) is 4.04. The molecule has 0 saturated heterocycles. The second-order valence-electron chi connectivity index (χ2n) is 6.10. The van der Waals surface area contributed by atoms with Crippen molar-refractivity contribution < 1.29 is 33.0 Å². The molecule has 0 bridgehead atoms. The van der Waals surface area contributed by atoms with E-state index in [1.807, 2.05) is 18.2 Å². The second-order valence-corrected chi connectivity index (χ2v) is 6.10. The second kappa shape index (κ2) is 10.0. The molecule has 1 aromatic heterocycles. The monoisotopic (exact) mass is 411 g/mol. The number of hydrogen-bond acceptors (Lipinski definition) is 7. The standard InChI is InChI=1S/C22H21NO7/c1-26-18-10-16(11-19(12-18)27-2)23-20(24)14-30-22(25)21-15(8-9-28-21)13-29-17-6-4-3-5-7-17/h3-12H,13-14H2,1-2H3,(H,23,24). The summed E-state index contributed by atoms with van der Waals surface area (Å²) in [5.41, 5.74) is 0.962. The summed E-state index contributed by atoms with van der Waals surface area (Å²) in [6, 6.07) is 15.7. The number of anilines is 1. The number of carbonyl (C=O) groups is 2. The van der Waals surface area contributed by atoms with E-state index in [4.69, 9.17) is 23.4 Å². The zero-order valence-electron chi connectivity index (χ0n) is 16.5. The maximum absolute atomic E-state index is 12.3. The molecular formula is C22H21NO7. The van der Waals surface area contributed by atoms with Crippen LogP contribution in [0.2, 0.25) is 0 Å². The van der Waals surface area contributed by atoms with Crippen molar-refractivity contribution in [3.8, 4) is 17.2 Å². The Morgan fingerprint density at radius 2 is 1.63 bits per heavy atom. The zero-order valence-corrected chi connectivity index (χ0v) is 16.5. The molecule has 0 aliphatic heterocycles. The largest absolute Gasteiger partial charge is 0.497 e. The number of rotatable bonds is 9. The fraction of sp³-hybridized carbons (Fsp3) is 0.182. The van der Waals surface area contributed by atoms with Crippen molar-refractivity contribution in [3.05, 3.63) is 72.2 Å². The minimum absolute atomic E-state index is 0.0122. The van der Waals surface area contributed by atoms with E-state index in [1.165, 1.54) is 20.5 Å². The predicted molar refractivity (Wildman–Crippen MR) is 108 cm³/mol. The van der Waals surface area contributed by atoms with Crippen LogP contribution in [0.3, 0.4) is 0 Å². The Morgan fingerprint density at radius 1 is 0.933 bits per heavy atom. The van der Waals surface area contributed by atoms with E-state index in [1.54, 1.807) is 36.4 Å². The molecule has 0 aliphatic rings. The molecule has 1 N–H and O–H groups in total. The number of benzene rings is 2. The number of carbonyl (C=O) groups excluding carboxylic acids is 2. The van der Waals surface area contributed by atoms with Crippen LogP contribution in [0.1, 0.15) is 16.1 Å². The molecule has 0 atom stereocenters. The lowest BCUT2D eigenvalue weighted by Crippen LogP contribution is -2.21. The number of furan rings is 1. The molecule has 0 unspecified atom stereocenters. The molecule has 2 aromatic carbocycles. The van der Waals surface area contributed by atoms with Crippen molar-refractivity contribution in [2.45, 2.75) is 6.61 Å². The number of ether oxygens (including phenoxy) is 4. The van der Waals surface area contributed by atoms with E-state index >= 15 is 0 Å². The average Bonchev–Trinajstić information content (AvgIpc) is 3.25. The summed E-state index contributed by atoms with van der Waals surface area (Å²) in [4.78, 5) is 24.5. The topological polar surface area (TPSA) is 96.2 Å². The highest BCUT2D eigenvalue weighted by Crippen LogP contribution is 2.25. The first kappa shape index (κ1) is 20.8. The van der Waals surface area contributed by atoms with Gasteiger partial charge in [-0.25, -0.2) is 4.79 Å². The van der Waals surface area contributed by atoms with E-state index in [-0.39, 0.29) is 12.4 Å². The number of esters is 1. The molecule has 0 saturated carbocycles. The van der Waals surface area contributed by atoms with Gasteiger partial charge in [-0.15, -0.1) is 0 Å². The van der Waals surface area contributed by atoms with Gasteiger partial charge in [0, 0.05) is 29.4 Å². The molecule has 0 spiro atoms. The smallest absolute Gasteiger partial charge is 0.375 e. The van der Waals surface area contributed by atoms with Gasteiger partial charge >= 0.3 is 5.97 Å². The Balaban J connectivity index is 1.54. The molecule has 1 amide bonds. The molecule has 0 fully saturated rings. The van der Waals surface area contributed by atoms with Gasteiger partial charge in [-0.05, 0) is 18.2 Å². The van der Waals surface area contributed by atoms with Gasteiger partial charge in [-0.2, -0.15) is 0 Å². The summed E-state index contributed by atoms with van der Waals surface area (Å²) < 4.78 is 26.2. The molecule has 8 heteroatoms. The molecule has 1 heterocycles. The maximum atomic E-state index is 12.3. The van der Waals surface area contributed by atoms with E-state index in [0.29, 0.717) is 28.5 Å². The summed E-state index contributed by atoms with van der Waals surface area (Å²) in [6.45, 7) is -0.362. The Bertz CT molecular complexity index is 975. The average molecular weight is 411 g/mol. The fourth-order valence-corrected chi connectivity index (χ4v) is 2.58. The molecule has 3 aromatic rings. The van der Waals surface area contributed by atoms with Gasteiger partial charge < -0.3 is 28.7 Å². The summed E-state index contributed by atoms with van der Waals surface area (Å²) in [5.74, 6) is 0.394. The lowest BCUT2D eigenvalue weighted by Gasteiger charge is -2.10. The Hall–Kier alpha value is -3.94. The quantitative estimate of drug-likeness (QED) is 0.537. The number of methoxy groups -OCH3 is 2. The highest BCUT2D eigenvalue weighted by atomic mass is 16.5. The van der Waals surface area contributed by atoms with Crippen LogP contribution in [-0.4, -0.2) is 32.7 Å². The minimum Gasteiger partial charge on any atom is -0.497 e. The van der Waals surface area contributed by atoms with Crippen molar-refractivity contribution in [2.24, 2.45) is 0 Å². The first-order valence-electron chi connectivity index (χ1n) is 9.03. The van der Waals surface area contributed by atoms with Crippen LogP contribution in [0.15, 0.2) is 65.3 Å². The third-order valence-corrected chi connectivity index (χ3v) is 4.04. The van der Waals surface area contributed by atoms with Crippen molar-refractivity contribution in [2.75, 3.05) is 26.1 Å². The normalized spacial score (nSPS) is 10.2. The van der Waals surface area contributed by atoms with Crippen LogP contribution in [0, 0.1) is 0 Å². The number of para-hydroxylation sites is 1. The van der Waals surface area contributed by atoms with Gasteiger partial charge in [0.2, 0.25) is 5.76 Å². The molecule has 8 nitrogen and oxygen atoms in total. The first-order chi connectivity index (χ1) is 14.6. The Morgan fingerprint density at radius 3 is 2.30 bits per heavy atom. The van der Waals surface area contributed by atoms with Crippen LogP contribution >= 0.6 is 0 Å². The Labute approximate surface area is 173 Å². The SMILES string of the molecule is COc1cc(NC(=O)COC(=O)c2occc2COc2ccccc2)cc(OC)c1. The highest BCUT2D eigenvalue weighted by Gasteiger charge is 2.19. The lowest BCUT2D eigenvalue weighted by atomic mass is 10.2. The van der Waals surface area contributed by atoms with Gasteiger partial charge in [0.25, 0.3) is 5.91 Å². The van der Waals surface area contributed by atoms with Gasteiger partial charge in [0.05, 0.1) is 20.5 Å². The van der Waals surface area contributed by atoms with E-state index < -0.39 is 18.5 Å². The number of nitrogens with one attached hydrogen (secondary N) is 1. The molecule has 3 rings (SSSR count). The highest BCUT2D eigenvalue weighted by molar-refractivity contribution is 5.95. The van der Waals surface area contributed by atoms with Crippen molar-refractivity contribution in [1.29, 1.82) is 0 Å². The zero-order chi connectivity index (χ0) is 21.3. The molecule has 0 aliphatic carbocycles. The summed E-state index contributed by atoms with van der Waals surface area (Å²) in [7, 11) is 3.01. The third kappa shape index (κ3) is 5.54. The van der Waals surface area contributed by atoms with Gasteiger partial charge in [0.15, 0.2) is 6.61 Å². The van der Waals surface area contributed by atoms with Crippen LogP contribution in [0.5, 0.6) is 17.2 Å². The van der Waals surface area contributed by atoms with Gasteiger partial charge in [-0.1, -0.05) is 18.2 Å². The predicted octanol–water partition coefficient (Wildman–Crippen LogP) is 3.67. The van der Waals surface area contributed by atoms with Crippen LogP contribution in [0.25, 0.3) is 0 Å². The molecular weight excluding hydrogens is 390 g/mol.